The first kappa shape index (κ1) is 72.0. The highest BCUT2D eigenvalue weighted by molar-refractivity contribution is 14.1. The van der Waals surface area contributed by atoms with Gasteiger partial charge in [0, 0.05) is 3.92 Å². The zero-order chi connectivity index (χ0) is 65.3. The minimum Gasteiger partial charge on any atom is -0.432 e. The van der Waals surface area contributed by atoms with E-state index < -0.39 is 249 Å². The van der Waals surface area contributed by atoms with Gasteiger partial charge in [-0.15, -0.1) is 0 Å². The number of hydrogen-bond donors (Lipinski definition) is 20. The van der Waals surface area contributed by atoms with Crippen LogP contribution >= 0.6 is 22.6 Å². The van der Waals surface area contributed by atoms with E-state index in [1.165, 1.54) is 6.92 Å². The van der Waals surface area contributed by atoms with Crippen molar-refractivity contribution in [1.82, 2.24) is 0 Å². The number of esters is 1. The number of halogens is 1. The van der Waals surface area contributed by atoms with Gasteiger partial charge in [0.05, 0.1) is 50.2 Å². The third kappa shape index (κ3) is 13.3. The van der Waals surface area contributed by atoms with Crippen molar-refractivity contribution in [2.24, 2.45) is 28.1 Å². The van der Waals surface area contributed by atoms with Gasteiger partial charge < -0.3 is 154 Å². The maximum absolute atomic E-state index is 15.3. The second-order valence-electron chi connectivity index (χ2n) is 26.3. The van der Waals surface area contributed by atoms with Gasteiger partial charge in [-0.1, -0.05) is 49.4 Å². The molecule has 5 saturated heterocycles. The van der Waals surface area contributed by atoms with Gasteiger partial charge in [0.1, 0.15) is 128 Å². The molecular weight excluding hydrogens is 1310 g/mol. The maximum Gasteiger partial charge on any atom is 0.314 e. The number of ether oxygens (including phenoxy) is 11. The van der Waals surface area contributed by atoms with Gasteiger partial charge in [0.15, 0.2) is 37.6 Å². The molecule has 0 amide bonds. The van der Waals surface area contributed by atoms with Gasteiger partial charge >= 0.3 is 5.97 Å². The van der Waals surface area contributed by atoms with Crippen molar-refractivity contribution in [3.8, 4) is 0 Å². The van der Waals surface area contributed by atoms with Crippen LogP contribution in [0.2, 0.25) is 0 Å². The standard InChI is InChI=1S/C56H91IO32/c1-19-12-55-10-6-26-53(3,8-5-9-54(26,4)52(78)88-50-44(84-46(77)38(73)34(69)28(63)20(2)57)42(32(67)24(16-61)82-50)85-47-39(74)35(70)29(64)21(13-58)79-47)27(55)7-11-56(19,18-55)89-51-45(87-49-41(76)37(72)31(66)23(15-60)81-49)43(33(68)25(17-62)83-51)86-48-40(75)36(71)30(65)22(14-59)80-48/h20-51,58-77H,1,5-18H2,2-4H3/t20?,21?,22?,23?,24?,25?,26?,27-,28?,29?,30?,31?,32?,33?,34?,35?,36?,37?,38?,39?,40?,41?,42?,43?,44?,45?,46?,47?,48?,49?,50?,51?,53+,54+,55+,56-/m0/s1. The quantitative estimate of drug-likeness (QED) is 0.0127. The molecule has 514 valence electrons. The normalized spacial score (nSPS) is 51.1. The molecule has 0 aromatic carbocycles. The van der Waals surface area contributed by atoms with Crippen molar-refractivity contribution in [3.63, 3.8) is 0 Å². The lowest BCUT2D eigenvalue weighted by molar-refractivity contribution is -0.400. The Bertz CT molecular complexity index is 2370. The van der Waals surface area contributed by atoms with Crippen LogP contribution in [0.15, 0.2) is 12.2 Å². The van der Waals surface area contributed by atoms with Gasteiger partial charge in [0.2, 0.25) is 6.29 Å². The van der Waals surface area contributed by atoms with Gasteiger partial charge in [-0.25, -0.2) is 0 Å². The Morgan fingerprint density at radius 3 is 1.43 bits per heavy atom. The number of alkyl halides is 1. The Morgan fingerprint density at radius 2 is 0.955 bits per heavy atom. The second kappa shape index (κ2) is 28.4. The van der Waals surface area contributed by atoms with Crippen LogP contribution in [0.1, 0.15) is 78.6 Å². The molecule has 36 atom stereocenters. The Balaban J connectivity index is 0.987. The molecule has 32 nitrogen and oxygen atoms in total. The lowest BCUT2D eigenvalue weighted by atomic mass is 9.41. The number of carbonyl (C=O) groups is 1. The van der Waals surface area contributed by atoms with E-state index >= 15 is 4.79 Å². The molecule has 4 saturated carbocycles. The lowest BCUT2D eigenvalue weighted by Crippen LogP contribution is -2.68. The highest BCUT2D eigenvalue weighted by atomic mass is 127. The summed E-state index contributed by atoms with van der Waals surface area (Å²) in [6.45, 7) is 5.40. The molecule has 0 aromatic rings. The summed E-state index contributed by atoms with van der Waals surface area (Å²) in [5.74, 6) is -1.46. The lowest BCUT2D eigenvalue weighted by Gasteiger charge is -2.64. The molecule has 5 heterocycles. The fourth-order valence-electron chi connectivity index (χ4n) is 16.0. The van der Waals surface area contributed by atoms with E-state index in [0.717, 1.165) is 0 Å². The Kier molecular flexibility index (Phi) is 23.0. The topological polar surface area (TPSA) is 523 Å². The molecule has 4 aliphatic carbocycles. The van der Waals surface area contributed by atoms with Crippen molar-refractivity contribution in [2.45, 2.75) is 266 Å². The predicted molar refractivity (Wildman–Crippen MR) is 298 cm³/mol. The fourth-order valence-corrected chi connectivity index (χ4v) is 16.4. The molecule has 89 heavy (non-hydrogen) atoms. The monoisotopic (exact) mass is 1400 g/mol. The smallest absolute Gasteiger partial charge is 0.314 e. The van der Waals surface area contributed by atoms with Crippen molar-refractivity contribution >= 4 is 28.6 Å². The van der Waals surface area contributed by atoms with E-state index in [9.17, 15) is 102 Å². The summed E-state index contributed by atoms with van der Waals surface area (Å²) >= 11 is 1.77. The van der Waals surface area contributed by atoms with Crippen molar-refractivity contribution in [3.05, 3.63) is 12.2 Å². The molecule has 2 bridgehead atoms. The Labute approximate surface area is 525 Å². The number of fused-ring (bicyclic) bond motifs is 3. The maximum atomic E-state index is 15.3. The number of carbonyl (C=O) groups excluding carboxylic acids is 1. The average Bonchev–Trinajstić information content (AvgIpc) is 1.65. The molecule has 9 rings (SSSR count). The van der Waals surface area contributed by atoms with Gasteiger partial charge in [-0.3, -0.25) is 4.79 Å². The van der Waals surface area contributed by atoms with Crippen LogP contribution in [0.25, 0.3) is 0 Å². The minimum absolute atomic E-state index is 0.157. The first-order chi connectivity index (χ1) is 41.9. The molecule has 5 aliphatic heterocycles. The third-order valence-electron chi connectivity index (χ3n) is 20.9. The van der Waals surface area contributed by atoms with Crippen molar-refractivity contribution in [2.75, 3.05) is 33.0 Å². The number of rotatable bonds is 21. The van der Waals surface area contributed by atoms with Crippen LogP contribution in [0.4, 0.5) is 0 Å². The summed E-state index contributed by atoms with van der Waals surface area (Å²) in [5, 5.41) is 216. The third-order valence-corrected chi connectivity index (χ3v) is 21.7. The molecule has 9 aliphatic rings. The number of hydrogen-bond acceptors (Lipinski definition) is 32. The van der Waals surface area contributed by atoms with E-state index in [1.807, 2.05) is 0 Å². The Hall–Kier alpha value is -1.26. The van der Waals surface area contributed by atoms with Crippen LogP contribution in [0.5, 0.6) is 0 Å². The van der Waals surface area contributed by atoms with Gasteiger partial charge in [-0.05, 0) is 86.5 Å². The van der Waals surface area contributed by atoms with E-state index in [1.54, 1.807) is 29.5 Å². The number of aliphatic hydroxyl groups excluding tert-OH is 20. The highest BCUT2D eigenvalue weighted by Crippen LogP contribution is 2.74. The van der Waals surface area contributed by atoms with E-state index in [0.29, 0.717) is 44.1 Å². The molecule has 20 N–H and O–H groups in total. The van der Waals surface area contributed by atoms with Crippen LogP contribution in [0.3, 0.4) is 0 Å². The molecule has 33 heteroatoms. The predicted octanol–water partition coefficient (Wildman–Crippen LogP) is -8.04. The van der Waals surface area contributed by atoms with Crippen LogP contribution in [-0.4, -0.2) is 329 Å². The van der Waals surface area contributed by atoms with Crippen molar-refractivity contribution in [1.29, 1.82) is 0 Å². The molecule has 1 spiro atoms. The summed E-state index contributed by atoms with van der Waals surface area (Å²) in [4.78, 5) is 15.3. The summed E-state index contributed by atoms with van der Waals surface area (Å²) in [6.07, 6.45) is -51.1. The zero-order valence-corrected chi connectivity index (χ0v) is 51.5. The summed E-state index contributed by atoms with van der Waals surface area (Å²) in [7, 11) is 0. The van der Waals surface area contributed by atoms with Gasteiger partial charge in [0.25, 0.3) is 0 Å². The SMILES string of the molecule is C=C1C[C@@]23CCC4[C@](C)(C(=O)OC5OC(CO)C(O)C(OC6OC(CO)C(O)C(O)C6O)C5OC(O)C(O)C(O)C(O)C(C)I)CCC[C@@]4(C)[C@@H]2CC[C@]1(OC1OC(CO)C(O)C(OC2OC(CO)C(O)C(O)C2O)C1OC1OC(CO)C(O)C(O)C1O)C3. The summed E-state index contributed by atoms with van der Waals surface area (Å²) in [6, 6.07) is 0. The summed E-state index contributed by atoms with van der Waals surface area (Å²) < 4.78 is 66.1. The largest absolute Gasteiger partial charge is 0.432 e. The molecule has 9 fully saturated rings. The molecule has 0 aromatic heterocycles. The molecular formula is C56H91IO32. The van der Waals surface area contributed by atoms with Crippen LogP contribution in [0, 0.1) is 28.1 Å². The highest BCUT2D eigenvalue weighted by Gasteiger charge is 2.70. The van der Waals surface area contributed by atoms with Crippen LogP contribution < -0.4 is 0 Å². The number of aliphatic hydroxyl groups is 20. The van der Waals surface area contributed by atoms with Crippen molar-refractivity contribution < 1.29 is 159 Å². The van der Waals surface area contributed by atoms with E-state index in [-0.39, 0.29) is 25.2 Å². The molecule has 0 radical (unpaired) electrons. The zero-order valence-electron chi connectivity index (χ0n) is 49.3. The van der Waals surface area contributed by atoms with Gasteiger partial charge in [-0.2, -0.15) is 0 Å². The Morgan fingerprint density at radius 1 is 0.528 bits per heavy atom. The minimum atomic E-state index is -2.46. The van der Waals surface area contributed by atoms with E-state index in [4.69, 9.17) is 52.1 Å². The first-order valence-corrected chi connectivity index (χ1v) is 31.5. The second-order valence-corrected chi connectivity index (χ2v) is 28.2. The van der Waals surface area contributed by atoms with Crippen LogP contribution in [-0.2, 0) is 56.9 Å². The van der Waals surface area contributed by atoms with E-state index in [2.05, 4.69) is 13.5 Å². The molecule has 31 unspecified atom stereocenters. The first-order valence-electron chi connectivity index (χ1n) is 30.3. The fraction of sp³-hybridized carbons (Fsp3) is 0.946. The summed E-state index contributed by atoms with van der Waals surface area (Å²) in [5.41, 5.74) is -3.25. The average molecular weight is 1400 g/mol.